The van der Waals surface area contributed by atoms with Crippen molar-refractivity contribution in [1.82, 2.24) is 15.3 Å². The first-order valence-corrected chi connectivity index (χ1v) is 12.1. The molecule has 1 saturated heterocycles. The van der Waals surface area contributed by atoms with Crippen LogP contribution >= 0.6 is 11.8 Å². The van der Waals surface area contributed by atoms with Gasteiger partial charge in [-0.2, -0.15) is 0 Å². The fourth-order valence-corrected chi connectivity index (χ4v) is 4.92. The molecule has 33 heavy (non-hydrogen) atoms. The van der Waals surface area contributed by atoms with Gasteiger partial charge in [-0.15, -0.1) is 0 Å². The molecule has 2 aromatic carbocycles. The fraction of sp³-hybridized carbons (Fsp3) is 0.346. The zero-order valence-corrected chi connectivity index (χ0v) is 20.1. The maximum absolute atomic E-state index is 13.1. The van der Waals surface area contributed by atoms with Gasteiger partial charge in [0.05, 0.1) is 19.1 Å². The summed E-state index contributed by atoms with van der Waals surface area (Å²) in [7, 11) is 1.65. The van der Waals surface area contributed by atoms with Crippen LogP contribution in [0, 0.1) is 12.8 Å². The first-order chi connectivity index (χ1) is 16.0. The average Bonchev–Trinajstić information content (AvgIpc) is 2.86. The summed E-state index contributed by atoms with van der Waals surface area (Å²) in [4.78, 5) is 25.7. The Morgan fingerprint density at radius 1 is 1.18 bits per heavy atom. The number of rotatable bonds is 7. The predicted molar refractivity (Wildman–Crippen MR) is 132 cm³/mol. The van der Waals surface area contributed by atoms with E-state index < -0.39 is 0 Å². The van der Waals surface area contributed by atoms with Crippen molar-refractivity contribution in [3.05, 3.63) is 72.1 Å². The second-order valence-corrected chi connectivity index (χ2v) is 9.45. The van der Waals surface area contributed by atoms with E-state index in [0.717, 1.165) is 46.4 Å². The molecule has 1 aromatic heterocycles. The molecule has 0 bridgehead atoms. The molecule has 1 fully saturated rings. The number of hydrogen-bond acceptors (Lipinski definition) is 6. The van der Waals surface area contributed by atoms with Gasteiger partial charge in [-0.3, -0.25) is 4.79 Å². The number of carbonyl (C=O) groups excluding carboxylic acids is 1. The number of nitrogens with zero attached hydrogens (tertiary/aromatic N) is 3. The molecule has 2 heterocycles. The number of methoxy groups -OCH3 is 1. The van der Waals surface area contributed by atoms with Gasteiger partial charge in [0.1, 0.15) is 10.8 Å². The predicted octanol–water partition coefficient (Wildman–Crippen LogP) is 5.04. The van der Waals surface area contributed by atoms with E-state index >= 15 is 0 Å². The van der Waals surface area contributed by atoms with Crippen LogP contribution in [0.5, 0.6) is 5.75 Å². The van der Waals surface area contributed by atoms with Crippen molar-refractivity contribution < 1.29 is 9.53 Å². The Labute approximate surface area is 199 Å². The largest absolute Gasteiger partial charge is 0.497 e. The van der Waals surface area contributed by atoms with Gasteiger partial charge in [-0.05, 0) is 56.5 Å². The topological polar surface area (TPSA) is 67.3 Å². The molecule has 2 atom stereocenters. The second kappa shape index (κ2) is 10.7. The number of benzene rings is 2. The third-order valence-electron chi connectivity index (χ3n) is 5.93. The third kappa shape index (κ3) is 5.85. The van der Waals surface area contributed by atoms with Crippen molar-refractivity contribution in [3.63, 3.8) is 0 Å². The van der Waals surface area contributed by atoms with E-state index in [-0.39, 0.29) is 17.9 Å². The molecule has 0 radical (unpaired) electrons. The van der Waals surface area contributed by atoms with Gasteiger partial charge in [-0.25, -0.2) is 9.97 Å². The lowest BCUT2D eigenvalue weighted by Gasteiger charge is -2.34. The van der Waals surface area contributed by atoms with Crippen LogP contribution in [0.3, 0.4) is 0 Å². The number of amides is 1. The van der Waals surface area contributed by atoms with Crippen LogP contribution in [0.15, 0.2) is 70.8 Å². The lowest BCUT2D eigenvalue weighted by molar-refractivity contribution is -0.125. The molecular weight excluding hydrogens is 432 g/mol. The van der Waals surface area contributed by atoms with Gasteiger partial charge in [0, 0.05) is 30.4 Å². The first kappa shape index (κ1) is 23.1. The van der Waals surface area contributed by atoms with E-state index in [1.165, 1.54) is 5.56 Å². The molecule has 172 valence electrons. The summed E-state index contributed by atoms with van der Waals surface area (Å²) in [5.74, 6) is 1.62. The number of anilines is 1. The van der Waals surface area contributed by atoms with Crippen molar-refractivity contribution in [3.8, 4) is 5.75 Å². The molecule has 3 aromatic rings. The maximum Gasteiger partial charge on any atom is 0.225 e. The molecule has 6 nitrogen and oxygen atoms in total. The highest BCUT2D eigenvalue weighted by molar-refractivity contribution is 7.99. The Morgan fingerprint density at radius 2 is 1.97 bits per heavy atom. The standard InChI is InChI=1S/C26H30N4O2S/c1-18-9-11-23(12-10-18)33-26-24(27-13-14-28-26)30-15-5-7-21(17-30)25(31)29-19(2)20-6-4-8-22(16-20)32-3/h4,6,8-14,16,19,21H,5,7,15,17H2,1-3H3,(H,29,31)/t19-,21+/m0/s1. The summed E-state index contributed by atoms with van der Waals surface area (Å²) in [6.07, 6.45) is 5.26. The molecule has 1 aliphatic rings. The molecule has 1 N–H and O–H groups in total. The van der Waals surface area contributed by atoms with E-state index in [2.05, 4.69) is 51.4 Å². The number of hydrogen-bond donors (Lipinski definition) is 1. The monoisotopic (exact) mass is 462 g/mol. The lowest BCUT2D eigenvalue weighted by Crippen LogP contribution is -2.44. The van der Waals surface area contributed by atoms with Gasteiger partial charge < -0.3 is 15.0 Å². The minimum absolute atomic E-state index is 0.0756. The highest BCUT2D eigenvalue weighted by atomic mass is 32.2. The average molecular weight is 463 g/mol. The molecular formula is C26H30N4O2S. The number of ether oxygens (including phenoxy) is 1. The zero-order chi connectivity index (χ0) is 23.2. The minimum atomic E-state index is -0.0916. The first-order valence-electron chi connectivity index (χ1n) is 11.3. The van der Waals surface area contributed by atoms with Crippen molar-refractivity contribution >= 4 is 23.5 Å². The van der Waals surface area contributed by atoms with Crippen molar-refractivity contribution in [2.45, 2.75) is 42.7 Å². The second-order valence-electron chi connectivity index (χ2n) is 8.39. The van der Waals surface area contributed by atoms with Crippen LogP contribution in [-0.2, 0) is 4.79 Å². The molecule has 0 unspecified atom stereocenters. The van der Waals surface area contributed by atoms with E-state index in [0.29, 0.717) is 6.54 Å². The minimum Gasteiger partial charge on any atom is -0.497 e. The van der Waals surface area contributed by atoms with Crippen LogP contribution in [0.25, 0.3) is 0 Å². The molecule has 0 saturated carbocycles. The summed E-state index contributed by atoms with van der Waals surface area (Å²) in [6.45, 7) is 5.59. The highest BCUT2D eigenvalue weighted by Gasteiger charge is 2.29. The number of piperidine rings is 1. The molecule has 1 amide bonds. The summed E-state index contributed by atoms with van der Waals surface area (Å²) in [5.41, 5.74) is 2.26. The number of nitrogens with one attached hydrogen (secondary N) is 1. The number of aryl methyl sites for hydroxylation is 1. The van der Waals surface area contributed by atoms with Crippen LogP contribution < -0.4 is 15.0 Å². The number of aromatic nitrogens is 2. The maximum atomic E-state index is 13.1. The van der Waals surface area contributed by atoms with E-state index in [1.807, 2.05) is 31.2 Å². The summed E-state index contributed by atoms with van der Waals surface area (Å²) in [5, 5.41) is 4.05. The number of carbonyl (C=O) groups is 1. The Morgan fingerprint density at radius 3 is 2.76 bits per heavy atom. The van der Waals surface area contributed by atoms with Gasteiger partial charge in [0.25, 0.3) is 0 Å². The normalized spacial score (nSPS) is 16.8. The molecule has 0 aliphatic carbocycles. The SMILES string of the molecule is COc1cccc([C@H](C)NC(=O)[C@@H]2CCCN(c3nccnc3Sc3ccc(C)cc3)C2)c1. The van der Waals surface area contributed by atoms with Gasteiger partial charge in [-0.1, -0.05) is 41.6 Å². The lowest BCUT2D eigenvalue weighted by atomic mass is 9.96. The van der Waals surface area contributed by atoms with Crippen LogP contribution in [0.2, 0.25) is 0 Å². The van der Waals surface area contributed by atoms with Gasteiger partial charge in [0.15, 0.2) is 5.82 Å². The summed E-state index contributed by atoms with van der Waals surface area (Å²) in [6, 6.07) is 16.1. The fourth-order valence-electron chi connectivity index (χ4n) is 4.03. The van der Waals surface area contributed by atoms with Crippen LogP contribution in [0.4, 0.5) is 5.82 Å². The van der Waals surface area contributed by atoms with Gasteiger partial charge in [0.2, 0.25) is 5.91 Å². The molecule has 1 aliphatic heterocycles. The van der Waals surface area contributed by atoms with Crippen molar-refractivity contribution in [2.75, 3.05) is 25.1 Å². The smallest absolute Gasteiger partial charge is 0.225 e. The molecule has 0 spiro atoms. The quantitative estimate of drug-likeness (QED) is 0.531. The zero-order valence-electron chi connectivity index (χ0n) is 19.3. The Kier molecular flexibility index (Phi) is 7.50. The summed E-state index contributed by atoms with van der Waals surface area (Å²) < 4.78 is 5.31. The summed E-state index contributed by atoms with van der Waals surface area (Å²) >= 11 is 1.61. The van der Waals surface area contributed by atoms with Gasteiger partial charge >= 0.3 is 0 Å². The van der Waals surface area contributed by atoms with Crippen LogP contribution in [0.1, 0.15) is 36.9 Å². The third-order valence-corrected chi connectivity index (χ3v) is 6.92. The highest BCUT2D eigenvalue weighted by Crippen LogP contribution is 2.34. The van der Waals surface area contributed by atoms with Crippen molar-refractivity contribution in [1.29, 1.82) is 0 Å². The van der Waals surface area contributed by atoms with E-state index in [1.54, 1.807) is 31.3 Å². The molecule has 4 rings (SSSR count). The van der Waals surface area contributed by atoms with Crippen LogP contribution in [-0.4, -0.2) is 36.1 Å². The van der Waals surface area contributed by atoms with E-state index in [4.69, 9.17) is 4.74 Å². The Balaban J connectivity index is 1.44. The van der Waals surface area contributed by atoms with Crippen molar-refractivity contribution in [2.24, 2.45) is 5.92 Å². The Bertz CT molecular complexity index is 1090. The molecule has 7 heteroatoms. The Hall–Kier alpha value is -3.06. The van der Waals surface area contributed by atoms with E-state index in [9.17, 15) is 4.79 Å².